The summed E-state index contributed by atoms with van der Waals surface area (Å²) in [6, 6.07) is 14.9. The van der Waals surface area contributed by atoms with Gasteiger partial charge >= 0.3 is 0 Å². The van der Waals surface area contributed by atoms with E-state index in [0.29, 0.717) is 6.04 Å². The van der Waals surface area contributed by atoms with Crippen molar-refractivity contribution in [3.8, 4) is 0 Å². The largest absolute Gasteiger partial charge is 0.467 e. The summed E-state index contributed by atoms with van der Waals surface area (Å²) in [7, 11) is 0. The molecule has 1 aromatic heterocycles. The highest BCUT2D eigenvalue weighted by atomic mass is 16.3. The molecule has 0 bridgehead atoms. The minimum absolute atomic E-state index is 0.102. The molecule has 0 radical (unpaired) electrons. The first-order valence-corrected chi connectivity index (χ1v) is 6.83. The zero-order chi connectivity index (χ0) is 13.9. The van der Waals surface area contributed by atoms with Crippen LogP contribution >= 0.6 is 0 Å². The van der Waals surface area contributed by atoms with Crippen molar-refractivity contribution >= 4 is 0 Å². The summed E-state index contributed by atoms with van der Waals surface area (Å²) >= 11 is 0. The number of furan rings is 1. The van der Waals surface area contributed by atoms with Crippen LogP contribution < -0.4 is 5.32 Å². The first-order chi connectivity index (χ1) is 8.98. The third kappa shape index (κ3) is 3.48. The van der Waals surface area contributed by atoms with Crippen molar-refractivity contribution in [3.05, 3.63) is 60.1 Å². The lowest BCUT2D eigenvalue weighted by Crippen LogP contribution is -2.40. The van der Waals surface area contributed by atoms with Gasteiger partial charge in [0.05, 0.1) is 12.3 Å². The Balaban J connectivity index is 2.26. The molecule has 0 saturated heterocycles. The lowest BCUT2D eigenvalue weighted by Gasteiger charge is -2.32. The van der Waals surface area contributed by atoms with Gasteiger partial charge in [0.1, 0.15) is 5.76 Å². The van der Waals surface area contributed by atoms with E-state index in [1.807, 2.05) is 18.2 Å². The molecular weight excluding hydrogens is 234 g/mol. The van der Waals surface area contributed by atoms with Crippen molar-refractivity contribution in [2.75, 3.05) is 0 Å². The van der Waals surface area contributed by atoms with Crippen LogP contribution in [0.25, 0.3) is 0 Å². The molecule has 0 saturated carbocycles. The van der Waals surface area contributed by atoms with Gasteiger partial charge in [0, 0.05) is 6.04 Å². The molecule has 2 atom stereocenters. The molecule has 0 aliphatic heterocycles. The normalized spacial score (nSPS) is 15.2. The molecule has 1 aromatic carbocycles. The smallest absolute Gasteiger partial charge is 0.125 e. The predicted molar refractivity (Wildman–Crippen MR) is 79.0 cm³/mol. The molecular formula is C17H23NO. The maximum atomic E-state index is 5.60. The van der Waals surface area contributed by atoms with Crippen molar-refractivity contribution in [3.63, 3.8) is 0 Å². The van der Waals surface area contributed by atoms with Gasteiger partial charge in [0.15, 0.2) is 0 Å². The third-order valence-electron chi connectivity index (χ3n) is 3.68. The number of hydrogen-bond donors (Lipinski definition) is 1. The number of rotatable bonds is 4. The Bertz CT molecular complexity index is 482. The maximum Gasteiger partial charge on any atom is 0.125 e. The van der Waals surface area contributed by atoms with Crippen LogP contribution in [0.1, 0.15) is 45.1 Å². The van der Waals surface area contributed by atoms with Crippen molar-refractivity contribution in [2.45, 2.75) is 39.8 Å². The van der Waals surface area contributed by atoms with E-state index in [1.54, 1.807) is 6.26 Å². The van der Waals surface area contributed by atoms with Gasteiger partial charge in [-0.05, 0) is 30.0 Å². The highest BCUT2D eigenvalue weighted by Crippen LogP contribution is 2.27. The Kier molecular flexibility index (Phi) is 4.11. The molecule has 1 heterocycles. The van der Waals surface area contributed by atoms with Crippen molar-refractivity contribution in [1.82, 2.24) is 5.32 Å². The second kappa shape index (κ2) is 5.62. The molecule has 2 aromatic rings. The second-order valence-corrected chi connectivity index (χ2v) is 6.11. The molecule has 0 amide bonds. The molecule has 102 valence electrons. The molecule has 1 N–H and O–H groups in total. The topological polar surface area (TPSA) is 25.2 Å². The highest BCUT2D eigenvalue weighted by molar-refractivity contribution is 5.26. The van der Waals surface area contributed by atoms with Crippen molar-refractivity contribution < 1.29 is 4.42 Å². The van der Waals surface area contributed by atoms with E-state index in [1.165, 1.54) is 5.56 Å². The molecule has 0 aliphatic rings. The van der Waals surface area contributed by atoms with Gasteiger partial charge in [-0.1, -0.05) is 51.1 Å². The average molecular weight is 257 g/mol. The average Bonchev–Trinajstić information content (AvgIpc) is 2.89. The van der Waals surface area contributed by atoms with Gasteiger partial charge in [0.2, 0.25) is 0 Å². The number of hydrogen-bond acceptors (Lipinski definition) is 2. The minimum Gasteiger partial charge on any atom is -0.467 e. The molecule has 2 nitrogen and oxygen atoms in total. The van der Waals surface area contributed by atoms with Gasteiger partial charge in [-0.15, -0.1) is 0 Å². The van der Waals surface area contributed by atoms with Gasteiger partial charge in [-0.3, -0.25) is 0 Å². The fraction of sp³-hybridized carbons (Fsp3) is 0.412. The van der Waals surface area contributed by atoms with E-state index >= 15 is 0 Å². The molecule has 0 aliphatic carbocycles. The third-order valence-corrected chi connectivity index (χ3v) is 3.68. The molecule has 2 heteroatoms. The van der Waals surface area contributed by atoms with E-state index in [0.717, 1.165) is 5.76 Å². The first kappa shape index (κ1) is 13.9. The standard InChI is InChI=1S/C17H23NO/c1-13(17(2,3)4)18-16(15-11-8-12-19-15)14-9-6-5-7-10-14/h5-13,16,18H,1-4H3. The van der Waals surface area contributed by atoms with Gasteiger partial charge in [-0.2, -0.15) is 0 Å². The fourth-order valence-corrected chi connectivity index (χ4v) is 1.94. The van der Waals surface area contributed by atoms with Crippen LogP contribution in [0.2, 0.25) is 0 Å². The summed E-state index contributed by atoms with van der Waals surface area (Å²) in [4.78, 5) is 0. The molecule has 2 rings (SSSR count). The first-order valence-electron chi connectivity index (χ1n) is 6.83. The van der Waals surface area contributed by atoms with Crippen LogP contribution in [-0.4, -0.2) is 6.04 Å². The molecule has 19 heavy (non-hydrogen) atoms. The van der Waals surface area contributed by atoms with Crippen molar-refractivity contribution in [1.29, 1.82) is 0 Å². The van der Waals surface area contributed by atoms with E-state index in [2.05, 4.69) is 57.3 Å². The quantitative estimate of drug-likeness (QED) is 0.878. The van der Waals surface area contributed by atoms with E-state index < -0.39 is 0 Å². The van der Waals surface area contributed by atoms with Crippen LogP contribution in [0.5, 0.6) is 0 Å². The Labute approximate surface area is 115 Å². The van der Waals surface area contributed by atoms with Crippen LogP contribution in [-0.2, 0) is 0 Å². The molecule has 0 fully saturated rings. The highest BCUT2D eigenvalue weighted by Gasteiger charge is 2.25. The van der Waals surface area contributed by atoms with Crippen LogP contribution in [0.4, 0.5) is 0 Å². The Morgan fingerprint density at radius 2 is 1.68 bits per heavy atom. The Morgan fingerprint density at radius 3 is 2.21 bits per heavy atom. The van der Waals surface area contributed by atoms with E-state index in [-0.39, 0.29) is 11.5 Å². The van der Waals surface area contributed by atoms with Gasteiger partial charge in [0.25, 0.3) is 0 Å². The predicted octanol–water partition coefficient (Wildman–Crippen LogP) is 4.39. The Hall–Kier alpha value is -1.54. The number of nitrogens with one attached hydrogen (secondary N) is 1. The zero-order valence-electron chi connectivity index (χ0n) is 12.2. The summed E-state index contributed by atoms with van der Waals surface area (Å²) in [6.45, 7) is 8.96. The molecule has 2 unspecified atom stereocenters. The van der Waals surface area contributed by atoms with Crippen LogP contribution in [0.15, 0.2) is 53.1 Å². The lowest BCUT2D eigenvalue weighted by molar-refractivity contribution is 0.263. The van der Waals surface area contributed by atoms with Gasteiger partial charge in [-0.25, -0.2) is 0 Å². The van der Waals surface area contributed by atoms with E-state index in [9.17, 15) is 0 Å². The second-order valence-electron chi connectivity index (χ2n) is 6.11. The molecule has 0 spiro atoms. The lowest BCUT2D eigenvalue weighted by atomic mass is 9.87. The zero-order valence-corrected chi connectivity index (χ0v) is 12.2. The van der Waals surface area contributed by atoms with E-state index in [4.69, 9.17) is 4.42 Å². The van der Waals surface area contributed by atoms with Gasteiger partial charge < -0.3 is 9.73 Å². The summed E-state index contributed by atoms with van der Waals surface area (Å²) < 4.78 is 5.60. The summed E-state index contributed by atoms with van der Waals surface area (Å²) in [6.07, 6.45) is 1.73. The SMILES string of the molecule is CC(NC(c1ccccc1)c1ccco1)C(C)(C)C. The fourth-order valence-electron chi connectivity index (χ4n) is 1.94. The van der Waals surface area contributed by atoms with Crippen LogP contribution in [0, 0.1) is 5.41 Å². The summed E-state index contributed by atoms with van der Waals surface area (Å²) in [5.74, 6) is 0.960. The minimum atomic E-state index is 0.102. The number of benzene rings is 1. The van der Waals surface area contributed by atoms with Crippen molar-refractivity contribution in [2.24, 2.45) is 5.41 Å². The Morgan fingerprint density at radius 1 is 1.00 bits per heavy atom. The monoisotopic (exact) mass is 257 g/mol. The van der Waals surface area contributed by atoms with Crippen LogP contribution in [0.3, 0.4) is 0 Å². The summed E-state index contributed by atoms with van der Waals surface area (Å²) in [5, 5.41) is 3.68. The maximum absolute atomic E-state index is 5.60. The summed E-state index contributed by atoms with van der Waals surface area (Å²) in [5.41, 5.74) is 1.44.